The maximum absolute atomic E-state index is 12.2. The zero-order valence-electron chi connectivity index (χ0n) is 12.1. The van der Waals surface area contributed by atoms with Crippen molar-refractivity contribution in [1.29, 1.82) is 0 Å². The van der Waals surface area contributed by atoms with Gasteiger partial charge in [0.05, 0.1) is 0 Å². The summed E-state index contributed by atoms with van der Waals surface area (Å²) in [6.45, 7) is 6.14. The van der Waals surface area contributed by atoms with Crippen LogP contribution >= 0.6 is 11.8 Å². The van der Waals surface area contributed by atoms with Gasteiger partial charge in [-0.05, 0) is 26.3 Å². The average molecular weight is 295 g/mol. The van der Waals surface area contributed by atoms with Gasteiger partial charge in [0.25, 0.3) is 0 Å². The van der Waals surface area contributed by atoms with E-state index in [9.17, 15) is 9.90 Å². The van der Waals surface area contributed by atoms with Crippen LogP contribution in [0.1, 0.15) is 32.4 Å². The molecule has 1 aliphatic heterocycles. The summed E-state index contributed by atoms with van der Waals surface area (Å²) < 4.78 is 5.40. The monoisotopic (exact) mass is 295 g/mol. The molecule has 1 heterocycles. The number of benzene rings is 1. The summed E-state index contributed by atoms with van der Waals surface area (Å²) in [5.41, 5.74) is 0.299. The smallest absolute Gasteiger partial charge is 0.411 e. The summed E-state index contributed by atoms with van der Waals surface area (Å²) in [5, 5.41) is 10.2. The number of rotatable bonds is 2. The number of carbonyl (C=O) groups excluding carboxylic acids is 1. The molecule has 5 heteroatoms. The molecular formula is C15H21NO3S. The lowest BCUT2D eigenvalue weighted by molar-refractivity contribution is 0.0133. The predicted molar refractivity (Wildman–Crippen MR) is 80.6 cm³/mol. The van der Waals surface area contributed by atoms with E-state index < -0.39 is 11.7 Å². The Morgan fingerprint density at radius 3 is 2.65 bits per heavy atom. The Morgan fingerprint density at radius 1 is 1.40 bits per heavy atom. The minimum Gasteiger partial charge on any atom is -0.444 e. The number of carbonyl (C=O) groups is 1. The van der Waals surface area contributed by atoms with Crippen molar-refractivity contribution in [2.75, 3.05) is 12.3 Å². The maximum Gasteiger partial charge on any atom is 0.411 e. The van der Waals surface area contributed by atoms with Crippen LogP contribution in [-0.2, 0) is 4.74 Å². The molecule has 0 spiro atoms. The summed E-state index contributed by atoms with van der Waals surface area (Å²) in [4.78, 5) is 13.8. The first-order chi connectivity index (χ1) is 9.38. The van der Waals surface area contributed by atoms with Crippen LogP contribution in [0.3, 0.4) is 0 Å². The Labute approximate surface area is 124 Å². The van der Waals surface area contributed by atoms with Crippen LogP contribution < -0.4 is 0 Å². The van der Waals surface area contributed by atoms with Gasteiger partial charge in [0.15, 0.2) is 0 Å². The molecule has 20 heavy (non-hydrogen) atoms. The molecule has 1 aromatic rings. The highest BCUT2D eigenvalue weighted by atomic mass is 32.2. The summed E-state index contributed by atoms with van der Waals surface area (Å²) in [7, 11) is 0. The number of aliphatic hydroxyl groups excluding tert-OH is 1. The number of aliphatic hydroxyl groups is 1. The number of nitrogens with zero attached hydrogens (tertiary/aromatic N) is 1. The highest BCUT2D eigenvalue weighted by Gasteiger charge is 2.37. The minimum atomic E-state index is -0.698. The molecule has 1 N–H and O–H groups in total. The van der Waals surface area contributed by atoms with Crippen molar-refractivity contribution in [3.8, 4) is 0 Å². The Bertz CT molecular complexity index is 458. The van der Waals surface area contributed by atoms with Crippen molar-refractivity contribution < 1.29 is 14.6 Å². The summed E-state index contributed by atoms with van der Waals surface area (Å²) in [6.07, 6.45) is -1.06. The molecule has 1 aliphatic rings. The second kappa shape index (κ2) is 6.06. The first-order valence-electron chi connectivity index (χ1n) is 6.73. The molecule has 1 fully saturated rings. The van der Waals surface area contributed by atoms with Crippen LogP contribution in [0.2, 0.25) is 0 Å². The lowest BCUT2D eigenvalue weighted by atomic mass is 10.1. The van der Waals surface area contributed by atoms with E-state index in [1.165, 1.54) is 0 Å². The molecule has 0 saturated carbocycles. The third-order valence-electron chi connectivity index (χ3n) is 2.97. The van der Waals surface area contributed by atoms with E-state index in [1.54, 1.807) is 16.7 Å². The molecule has 4 nitrogen and oxygen atoms in total. The van der Waals surface area contributed by atoms with Crippen LogP contribution in [0.15, 0.2) is 30.3 Å². The molecule has 2 rings (SSSR count). The van der Waals surface area contributed by atoms with Gasteiger partial charge >= 0.3 is 6.09 Å². The highest BCUT2D eigenvalue weighted by Crippen LogP contribution is 2.34. The molecule has 0 bridgehead atoms. The Hall–Kier alpha value is -1.20. The summed E-state index contributed by atoms with van der Waals surface area (Å²) in [5.74, 6) is 0.813. The maximum atomic E-state index is 12.2. The number of hydrogen-bond donors (Lipinski definition) is 1. The van der Waals surface area contributed by atoms with Crippen LogP contribution in [0.4, 0.5) is 4.79 Å². The quantitative estimate of drug-likeness (QED) is 0.911. The molecule has 0 radical (unpaired) electrons. The number of ether oxygens (including phenoxy) is 1. The van der Waals surface area contributed by atoms with Crippen LogP contribution in [0, 0.1) is 0 Å². The number of amides is 1. The minimum absolute atomic E-state index is 0.285. The zero-order valence-corrected chi connectivity index (χ0v) is 12.9. The third-order valence-corrected chi connectivity index (χ3v) is 4.24. The first kappa shape index (κ1) is 15.2. The van der Waals surface area contributed by atoms with Gasteiger partial charge in [-0.15, -0.1) is 11.8 Å². The van der Waals surface area contributed by atoms with Crippen molar-refractivity contribution in [2.24, 2.45) is 0 Å². The molecule has 0 unspecified atom stereocenters. The van der Waals surface area contributed by atoms with E-state index in [2.05, 4.69) is 0 Å². The molecule has 110 valence electrons. The summed E-state index contributed by atoms with van der Waals surface area (Å²) >= 11 is 1.58. The van der Waals surface area contributed by atoms with Crippen molar-refractivity contribution in [3.05, 3.63) is 35.9 Å². The van der Waals surface area contributed by atoms with Crippen LogP contribution in [0.25, 0.3) is 0 Å². The van der Waals surface area contributed by atoms with Crippen molar-refractivity contribution in [1.82, 2.24) is 4.90 Å². The molecule has 0 aliphatic carbocycles. The van der Waals surface area contributed by atoms with Gasteiger partial charge in [0.1, 0.15) is 17.1 Å². The normalized spacial score (nSPS) is 20.8. The molecule has 0 aromatic heterocycles. The average Bonchev–Trinajstić information content (AvgIpc) is 2.86. The van der Waals surface area contributed by atoms with E-state index in [4.69, 9.17) is 4.74 Å². The lowest BCUT2D eigenvalue weighted by Crippen LogP contribution is -2.41. The van der Waals surface area contributed by atoms with E-state index in [-0.39, 0.29) is 11.5 Å². The largest absolute Gasteiger partial charge is 0.444 e. The van der Waals surface area contributed by atoms with Crippen LogP contribution in [-0.4, -0.2) is 39.4 Å². The van der Waals surface area contributed by atoms with Gasteiger partial charge in [-0.25, -0.2) is 4.79 Å². The zero-order chi connectivity index (χ0) is 14.8. The Morgan fingerprint density at radius 2 is 2.05 bits per heavy atom. The highest BCUT2D eigenvalue weighted by molar-refractivity contribution is 8.00. The molecule has 1 saturated heterocycles. The van der Waals surface area contributed by atoms with Crippen molar-refractivity contribution in [2.45, 2.75) is 37.9 Å². The molecule has 1 aromatic carbocycles. The Balaban J connectivity index is 2.09. The third kappa shape index (κ3) is 3.67. The van der Waals surface area contributed by atoms with Gasteiger partial charge in [-0.3, -0.25) is 4.90 Å². The van der Waals surface area contributed by atoms with Gasteiger partial charge in [-0.2, -0.15) is 0 Å². The standard InChI is InChI=1S/C15H21NO3S/c1-15(2,3)19-14(18)16-9-10-20-13(16)12(17)11-7-5-4-6-8-11/h4-8,12-13,17H,9-10H2,1-3H3/t12-,13-/m0/s1. The fourth-order valence-corrected chi connectivity index (χ4v) is 3.34. The van der Waals surface area contributed by atoms with E-state index in [0.717, 1.165) is 11.3 Å². The molecular weight excluding hydrogens is 274 g/mol. The van der Waals surface area contributed by atoms with Gasteiger partial charge in [-0.1, -0.05) is 30.3 Å². The number of hydrogen-bond acceptors (Lipinski definition) is 4. The first-order valence-corrected chi connectivity index (χ1v) is 7.77. The fourth-order valence-electron chi connectivity index (χ4n) is 2.08. The SMILES string of the molecule is CC(C)(C)OC(=O)N1CCS[C@H]1[C@@H](O)c1ccccc1. The Kier molecular flexibility index (Phi) is 4.60. The van der Waals surface area contributed by atoms with E-state index >= 15 is 0 Å². The number of thioether (sulfide) groups is 1. The predicted octanol–water partition coefficient (Wildman–Crippen LogP) is 3.03. The van der Waals surface area contributed by atoms with Crippen molar-refractivity contribution >= 4 is 17.9 Å². The van der Waals surface area contributed by atoms with Crippen molar-refractivity contribution in [3.63, 3.8) is 0 Å². The lowest BCUT2D eigenvalue weighted by Gasteiger charge is -2.30. The fraction of sp³-hybridized carbons (Fsp3) is 0.533. The van der Waals surface area contributed by atoms with Crippen LogP contribution in [0.5, 0.6) is 0 Å². The van der Waals surface area contributed by atoms with Gasteiger partial charge in [0.2, 0.25) is 0 Å². The van der Waals surface area contributed by atoms with E-state index in [1.807, 2.05) is 51.1 Å². The summed E-state index contributed by atoms with van der Waals surface area (Å²) in [6, 6.07) is 9.42. The second-order valence-electron chi connectivity index (χ2n) is 5.79. The second-order valence-corrected chi connectivity index (χ2v) is 7.02. The topological polar surface area (TPSA) is 49.8 Å². The van der Waals surface area contributed by atoms with Gasteiger partial charge < -0.3 is 9.84 Å². The molecule has 1 amide bonds. The molecule has 2 atom stereocenters. The van der Waals surface area contributed by atoms with Gasteiger partial charge in [0, 0.05) is 12.3 Å². The van der Waals surface area contributed by atoms with E-state index in [0.29, 0.717) is 6.54 Å².